The number of rotatable bonds is 5. The molecule has 21 heavy (non-hydrogen) atoms. The fourth-order valence-electron chi connectivity index (χ4n) is 1.74. The minimum Gasteiger partial charge on any atom is -0.268 e. The highest BCUT2D eigenvalue weighted by Crippen LogP contribution is 2.12. The molecule has 0 unspecified atom stereocenters. The summed E-state index contributed by atoms with van der Waals surface area (Å²) in [6.07, 6.45) is 0. The van der Waals surface area contributed by atoms with Gasteiger partial charge < -0.3 is 0 Å². The third kappa shape index (κ3) is 3.73. The van der Waals surface area contributed by atoms with Crippen LogP contribution < -0.4 is 10.3 Å². The summed E-state index contributed by atoms with van der Waals surface area (Å²) in [7, 11) is -3.95. The molecule has 2 rings (SSSR count). The van der Waals surface area contributed by atoms with Crippen LogP contribution in [0.15, 0.2) is 46.1 Å². The highest BCUT2D eigenvalue weighted by Gasteiger charge is 2.17. The van der Waals surface area contributed by atoms with Crippen LogP contribution in [0.2, 0.25) is 0 Å². The van der Waals surface area contributed by atoms with Gasteiger partial charge in [-0.25, -0.2) is 22.2 Å². The second-order valence-corrected chi connectivity index (χ2v) is 6.10. The number of hydrogen-bond acceptors (Lipinski definition) is 4. The summed E-state index contributed by atoms with van der Waals surface area (Å²) in [5.74, 6) is -0.823. The van der Waals surface area contributed by atoms with Gasteiger partial charge in [0.05, 0.1) is 12.2 Å². The summed E-state index contributed by atoms with van der Waals surface area (Å²) in [5.41, 5.74) is 0.317. The third-order valence-electron chi connectivity index (χ3n) is 2.74. The lowest BCUT2D eigenvalue weighted by Crippen LogP contribution is -2.32. The fourth-order valence-corrected chi connectivity index (χ4v) is 2.84. The van der Waals surface area contributed by atoms with Gasteiger partial charge >= 0.3 is 0 Å². The molecule has 112 valence electrons. The maximum Gasteiger partial charge on any atom is 0.266 e. The van der Waals surface area contributed by atoms with Crippen molar-refractivity contribution in [2.24, 2.45) is 0 Å². The van der Waals surface area contributed by atoms with Crippen molar-refractivity contribution in [3.63, 3.8) is 0 Å². The van der Waals surface area contributed by atoms with E-state index in [-0.39, 0.29) is 18.6 Å². The minimum absolute atomic E-state index is 0.0625. The van der Waals surface area contributed by atoms with E-state index < -0.39 is 20.7 Å². The molecule has 0 saturated heterocycles. The quantitative estimate of drug-likeness (QED) is 0.880. The molecule has 0 spiro atoms. The largest absolute Gasteiger partial charge is 0.268 e. The van der Waals surface area contributed by atoms with Crippen LogP contribution in [-0.2, 0) is 16.6 Å². The average molecular weight is 311 g/mol. The first-order valence-electron chi connectivity index (χ1n) is 6.19. The number of aromatic nitrogens is 2. The number of halogens is 1. The molecule has 2 aromatic rings. The predicted octanol–water partition coefficient (Wildman–Crippen LogP) is 0.669. The Morgan fingerprint density at radius 1 is 1.24 bits per heavy atom. The second-order valence-electron chi connectivity index (χ2n) is 4.36. The molecule has 8 heteroatoms. The molecule has 0 radical (unpaired) electrons. The minimum atomic E-state index is -3.95. The maximum absolute atomic E-state index is 13.5. The summed E-state index contributed by atoms with van der Waals surface area (Å²) in [6, 6.07) is 8.01. The van der Waals surface area contributed by atoms with Crippen molar-refractivity contribution < 1.29 is 12.8 Å². The van der Waals surface area contributed by atoms with E-state index in [1.165, 1.54) is 24.3 Å². The monoisotopic (exact) mass is 311 g/mol. The number of benzene rings is 1. The van der Waals surface area contributed by atoms with Crippen LogP contribution >= 0.6 is 0 Å². The molecule has 1 N–H and O–H groups in total. The zero-order chi connectivity index (χ0) is 15.5. The molecule has 6 nitrogen and oxygen atoms in total. The highest BCUT2D eigenvalue weighted by atomic mass is 32.2. The van der Waals surface area contributed by atoms with Crippen LogP contribution in [-0.4, -0.2) is 24.7 Å². The van der Waals surface area contributed by atoms with E-state index in [0.29, 0.717) is 5.69 Å². The summed E-state index contributed by atoms with van der Waals surface area (Å²) < 4.78 is 40.7. The molecule has 0 bridgehead atoms. The van der Waals surface area contributed by atoms with Crippen molar-refractivity contribution in [1.82, 2.24) is 14.5 Å². The molecule has 0 fully saturated rings. The summed E-state index contributed by atoms with van der Waals surface area (Å²) in [6.45, 7) is 1.72. The fraction of sp³-hybridized carbons (Fsp3) is 0.231. The van der Waals surface area contributed by atoms with Gasteiger partial charge in [-0.2, -0.15) is 5.10 Å². The molecule has 1 aromatic heterocycles. The Balaban J connectivity index is 2.08. The molecule has 0 atom stereocenters. The standard InChI is InChI=1S/C13H14FN3O3S/c1-10-6-7-13(18)17(16-10)9-8-15-21(19,20)12-5-3-2-4-11(12)14/h2-7,15H,8-9H2,1H3. The average Bonchev–Trinajstić information content (AvgIpc) is 2.43. The molecule has 1 aromatic carbocycles. The molecule has 1 heterocycles. The van der Waals surface area contributed by atoms with Crippen molar-refractivity contribution in [1.29, 1.82) is 0 Å². The van der Waals surface area contributed by atoms with Gasteiger partial charge in [0.25, 0.3) is 5.56 Å². The maximum atomic E-state index is 13.5. The SMILES string of the molecule is Cc1ccc(=O)n(CCNS(=O)(=O)c2ccccc2F)n1. The number of nitrogens with zero attached hydrogens (tertiary/aromatic N) is 2. The topological polar surface area (TPSA) is 81.1 Å². The van der Waals surface area contributed by atoms with Crippen molar-refractivity contribution in [3.05, 3.63) is 58.3 Å². The van der Waals surface area contributed by atoms with Crippen molar-refractivity contribution in [3.8, 4) is 0 Å². The Kier molecular flexibility index (Phi) is 4.49. The van der Waals surface area contributed by atoms with E-state index >= 15 is 0 Å². The van der Waals surface area contributed by atoms with E-state index in [0.717, 1.165) is 10.7 Å². The van der Waals surface area contributed by atoms with E-state index in [1.54, 1.807) is 13.0 Å². The number of sulfonamides is 1. The Bertz CT molecular complexity index is 802. The molecular formula is C13H14FN3O3S. The normalized spacial score (nSPS) is 11.5. The van der Waals surface area contributed by atoms with E-state index in [2.05, 4.69) is 9.82 Å². The lowest BCUT2D eigenvalue weighted by atomic mass is 10.4. The number of hydrogen-bond donors (Lipinski definition) is 1. The smallest absolute Gasteiger partial charge is 0.266 e. The number of nitrogens with one attached hydrogen (secondary N) is 1. The van der Waals surface area contributed by atoms with Gasteiger partial charge in [-0.1, -0.05) is 12.1 Å². The molecule has 0 aliphatic rings. The Morgan fingerprint density at radius 2 is 1.95 bits per heavy atom. The zero-order valence-corrected chi connectivity index (χ0v) is 12.1. The zero-order valence-electron chi connectivity index (χ0n) is 11.3. The first kappa shape index (κ1) is 15.3. The summed E-state index contributed by atoms with van der Waals surface area (Å²) in [4.78, 5) is 11.1. The van der Waals surface area contributed by atoms with Gasteiger partial charge in [-0.15, -0.1) is 0 Å². The Hall–Kier alpha value is -2.06. The summed E-state index contributed by atoms with van der Waals surface area (Å²) >= 11 is 0. The van der Waals surface area contributed by atoms with Crippen molar-refractivity contribution >= 4 is 10.0 Å². The second kappa shape index (κ2) is 6.15. The lowest BCUT2D eigenvalue weighted by Gasteiger charge is -2.08. The van der Waals surface area contributed by atoms with Gasteiger partial charge in [0, 0.05) is 12.6 Å². The number of aryl methyl sites for hydroxylation is 1. The van der Waals surface area contributed by atoms with E-state index in [1.807, 2.05) is 0 Å². The molecule has 0 saturated carbocycles. The Labute approximate surface area is 121 Å². The third-order valence-corrected chi connectivity index (χ3v) is 4.24. The highest BCUT2D eigenvalue weighted by molar-refractivity contribution is 7.89. The van der Waals surface area contributed by atoms with Crippen LogP contribution in [0.1, 0.15) is 5.69 Å². The van der Waals surface area contributed by atoms with Crippen LogP contribution in [0.4, 0.5) is 4.39 Å². The first-order valence-corrected chi connectivity index (χ1v) is 7.67. The Morgan fingerprint density at radius 3 is 2.67 bits per heavy atom. The van der Waals surface area contributed by atoms with Crippen LogP contribution in [0.25, 0.3) is 0 Å². The predicted molar refractivity (Wildman–Crippen MR) is 74.8 cm³/mol. The summed E-state index contributed by atoms with van der Waals surface area (Å²) in [5, 5.41) is 3.98. The van der Waals surface area contributed by atoms with Crippen LogP contribution in [0.5, 0.6) is 0 Å². The first-order chi connectivity index (χ1) is 9.90. The van der Waals surface area contributed by atoms with Gasteiger partial charge in [0.1, 0.15) is 10.7 Å². The lowest BCUT2D eigenvalue weighted by molar-refractivity contribution is 0.535. The molecule has 0 amide bonds. The molecule has 0 aliphatic heterocycles. The van der Waals surface area contributed by atoms with E-state index in [9.17, 15) is 17.6 Å². The van der Waals surface area contributed by atoms with Crippen molar-refractivity contribution in [2.45, 2.75) is 18.4 Å². The van der Waals surface area contributed by atoms with Gasteiger partial charge in [-0.3, -0.25) is 4.79 Å². The van der Waals surface area contributed by atoms with Gasteiger partial charge in [0.15, 0.2) is 0 Å². The molecular weight excluding hydrogens is 297 g/mol. The van der Waals surface area contributed by atoms with E-state index in [4.69, 9.17) is 0 Å². The van der Waals surface area contributed by atoms with Gasteiger partial charge in [0.2, 0.25) is 10.0 Å². The molecule has 0 aliphatic carbocycles. The van der Waals surface area contributed by atoms with Gasteiger partial charge in [-0.05, 0) is 25.1 Å². The van der Waals surface area contributed by atoms with Crippen LogP contribution in [0.3, 0.4) is 0 Å². The van der Waals surface area contributed by atoms with Crippen LogP contribution in [0, 0.1) is 12.7 Å². The van der Waals surface area contributed by atoms with Crippen molar-refractivity contribution in [2.75, 3.05) is 6.54 Å².